The third-order valence-electron chi connectivity index (χ3n) is 5.68. The molecule has 0 atom stereocenters. The maximum atomic E-state index is 14.1. The average Bonchev–Trinajstić information content (AvgIpc) is 3.51. The summed E-state index contributed by atoms with van der Waals surface area (Å²) in [5.41, 5.74) is 2.86. The van der Waals surface area contributed by atoms with Crippen LogP contribution in [0.25, 0.3) is 34.0 Å². The topological polar surface area (TPSA) is 66.0 Å². The molecule has 0 unspecified atom stereocenters. The van der Waals surface area contributed by atoms with E-state index in [0.717, 1.165) is 42.5 Å². The monoisotopic (exact) mass is 474 g/mol. The van der Waals surface area contributed by atoms with Crippen molar-refractivity contribution in [1.82, 2.24) is 19.7 Å². The van der Waals surface area contributed by atoms with Gasteiger partial charge < -0.3 is 13.8 Å². The first kappa shape index (κ1) is 22.7. The van der Waals surface area contributed by atoms with Crippen molar-refractivity contribution in [2.45, 2.75) is 32.7 Å². The SMILES string of the molecule is CCCCCOc1ccc(-c2cc(Cn3ccc4nc(-c5cccc(F)c5F)nc-4c3)on2)cc1. The van der Waals surface area contributed by atoms with Crippen molar-refractivity contribution in [2.24, 2.45) is 0 Å². The average molecular weight is 475 g/mol. The van der Waals surface area contributed by atoms with Gasteiger partial charge in [0.2, 0.25) is 0 Å². The van der Waals surface area contributed by atoms with Crippen LogP contribution in [0.1, 0.15) is 31.9 Å². The van der Waals surface area contributed by atoms with Gasteiger partial charge in [-0.3, -0.25) is 0 Å². The lowest BCUT2D eigenvalue weighted by molar-refractivity contribution is 0.306. The van der Waals surface area contributed by atoms with Gasteiger partial charge in [0, 0.05) is 24.0 Å². The van der Waals surface area contributed by atoms with Crippen LogP contribution in [0.3, 0.4) is 0 Å². The predicted octanol–water partition coefficient (Wildman–Crippen LogP) is 6.60. The second-order valence-corrected chi connectivity index (χ2v) is 8.29. The Hall–Kier alpha value is -4.07. The zero-order valence-electron chi connectivity index (χ0n) is 19.2. The Bertz CT molecular complexity index is 1390. The van der Waals surface area contributed by atoms with Gasteiger partial charge in [0.15, 0.2) is 23.2 Å². The first-order valence-electron chi connectivity index (χ1n) is 11.6. The van der Waals surface area contributed by atoms with Crippen molar-refractivity contribution in [2.75, 3.05) is 6.61 Å². The van der Waals surface area contributed by atoms with E-state index in [-0.39, 0.29) is 11.4 Å². The molecule has 0 aliphatic carbocycles. The zero-order chi connectivity index (χ0) is 24.2. The van der Waals surface area contributed by atoms with E-state index in [1.807, 2.05) is 41.1 Å². The van der Waals surface area contributed by atoms with Crippen LogP contribution in [0.5, 0.6) is 5.75 Å². The van der Waals surface area contributed by atoms with Gasteiger partial charge in [-0.2, -0.15) is 0 Å². The number of pyridine rings is 1. The van der Waals surface area contributed by atoms with Gasteiger partial charge >= 0.3 is 0 Å². The molecule has 3 heterocycles. The highest BCUT2D eigenvalue weighted by Gasteiger charge is 2.18. The quantitative estimate of drug-likeness (QED) is 0.225. The number of unbranched alkanes of at least 4 members (excludes halogenated alkanes) is 2. The van der Waals surface area contributed by atoms with Crippen LogP contribution in [0, 0.1) is 11.6 Å². The highest BCUT2D eigenvalue weighted by atomic mass is 19.2. The molecule has 2 aliphatic rings. The van der Waals surface area contributed by atoms with Crippen molar-refractivity contribution in [3.8, 4) is 39.8 Å². The van der Waals surface area contributed by atoms with Gasteiger partial charge in [-0.15, -0.1) is 0 Å². The molecule has 6 nitrogen and oxygen atoms in total. The van der Waals surface area contributed by atoms with Gasteiger partial charge in [0.25, 0.3) is 0 Å². The molecule has 2 aromatic carbocycles. The molecule has 0 radical (unpaired) electrons. The number of fused-ring (bicyclic) bond motifs is 1. The molecule has 0 saturated carbocycles. The lowest BCUT2D eigenvalue weighted by Crippen LogP contribution is -1.99. The van der Waals surface area contributed by atoms with Crippen molar-refractivity contribution in [3.05, 3.63) is 84.4 Å². The smallest absolute Gasteiger partial charge is 0.169 e. The number of aromatic nitrogens is 4. The molecule has 0 bridgehead atoms. The Morgan fingerprint density at radius 1 is 0.943 bits per heavy atom. The van der Waals surface area contributed by atoms with Crippen molar-refractivity contribution < 1.29 is 18.0 Å². The zero-order valence-corrected chi connectivity index (χ0v) is 19.2. The molecule has 1 aromatic heterocycles. The molecule has 0 amide bonds. The normalized spacial score (nSPS) is 11.3. The second kappa shape index (κ2) is 10.0. The van der Waals surface area contributed by atoms with Crippen LogP contribution in [-0.4, -0.2) is 26.3 Å². The Morgan fingerprint density at radius 3 is 2.60 bits per heavy atom. The lowest BCUT2D eigenvalue weighted by Gasteiger charge is -2.06. The number of hydrogen-bond donors (Lipinski definition) is 0. The van der Waals surface area contributed by atoms with Gasteiger partial charge in [-0.1, -0.05) is 31.0 Å². The molecule has 0 saturated heterocycles. The number of ether oxygens (including phenoxy) is 1. The molecule has 5 rings (SSSR count). The molecule has 3 aromatic rings. The fourth-order valence-electron chi connectivity index (χ4n) is 3.81. The summed E-state index contributed by atoms with van der Waals surface area (Å²) in [6, 6.07) is 15.4. The summed E-state index contributed by atoms with van der Waals surface area (Å²) < 4.78 is 40.9. The molecular formula is C27H24F2N4O2. The van der Waals surface area contributed by atoms with E-state index in [2.05, 4.69) is 22.0 Å². The van der Waals surface area contributed by atoms with Gasteiger partial charge in [-0.25, -0.2) is 18.7 Å². The summed E-state index contributed by atoms with van der Waals surface area (Å²) in [5, 5.41) is 4.19. The highest BCUT2D eigenvalue weighted by molar-refractivity contribution is 5.66. The number of rotatable bonds is 9. The minimum Gasteiger partial charge on any atom is -0.494 e. The summed E-state index contributed by atoms with van der Waals surface area (Å²) in [4.78, 5) is 8.72. The molecule has 0 spiro atoms. The first-order valence-corrected chi connectivity index (χ1v) is 11.6. The predicted molar refractivity (Wildman–Crippen MR) is 128 cm³/mol. The molecule has 35 heavy (non-hydrogen) atoms. The van der Waals surface area contributed by atoms with Crippen molar-refractivity contribution in [1.29, 1.82) is 0 Å². The third-order valence-corrected chi connectivity index (χ3v) is 5.68. The van der Waals surface area contributed by atoms with E-state index >= 15 is 0 Å². The van der Waals surface area contributed by atoms with Crippen LogP contribution in [0.2, 0.25) is 0 Å². The van der Waals surface area contributed by atoms with Crippen LogP contribution in [0.4, 0.5) is 8.78 Å². The Kier molecular flexibility index (Phi) is 6.52. The van der Waals surface area contributed by atoms with Crippen LogP contribution < -0.4 is 4.74 Å². The van der Waals surface area contributed by atoms with Crippen LogP contribution in [0.15, 0.2) is 71.5 Å². The molecule has 8 heteroatoms. The van der Waals surface area contributed by atoms with Crippen LogP contribution >= 0.6 is 0 Å². The third kappa shape index (κ3) is 5.06. The number of nitrogens with zero attached hydrogens (tertiary/aromatic N) is 4. The largest absolute Gasteiger partial charge is 0.494 e. The van der Waals surface area contributed by atoms with E-state index in [1.165, 1.54) is 18.6 Å². The summed E-state index contributed by atoms with van der Waals surface area (Å²) >= 11 is 0. The minimum absolute atomic E-state index is 0.0324. The van der Waals surface area contributed by atoms with Crippen molar-refractivity contribution >= 4 is 0 Å². The van der Waals surface area contributed by atoms with E-state index < -0.39 is 11.6 Å². The fourth-order valence-corrected chi connectivity index (χ4v) is 3.81. The second-order valence-electron chi connectivity index (χ2n) is 8.29. The number of hydrogen-bond acceptors (Lipinski definition) is 5. The maximum absolute atomic E-state index is 14.1. The van der Waals surface area contributed by atoms with E-state index in [4.69, 9.17) is 9.26 Å². The molecule has 0 N–H and O–H groups in total. The highest BCUT2D eigenvalue weighted by Crippen LogP contribution is 2.28. The number of imidazole rings is 1. The number of halogens is 2. The number of benzene rings is 2. The molecule has 178 valence electrons. The van der Waals surface area contributed by atoms with Gasteiger partial charge in [-0.05, 0) is 48.9 Å². The Labute approximate surface area is 201 Å². The van der Waals surface area contributed by atoms with E-state index in [0.29, 0.717) is 23.7 Å². The Balaban J connectivity index is 1.28. The summed E-state index contributed by atoms with van der Waals surface area (Å²) in [5.74, 6) is -0.233. The summed E-state index contributed by atoms with van der Waals surface area (Å²) in [6.07, 6.45) is 6.99. The van der Waals surface area contributed by atoms with Crippen molar-refractivity contribution in [3.63, 3.8) is 0 Å². The van der Waals surface area contributed by atoms with Gasteiger partial charge in [0.05, 0.1) is 24.4 Å². The first-order chi connectivity index (χ1) is 17.1. The fraction of sp³-hybridized carbons (Fsp3) is 0.222. The van der Waals surface area contributed by atoms with Crippen LogP contribution in [-0.2, 0) is 6.54 Å². The van der Waals surface area contributed by atoms with E-state index in [1.54, 1.807) is 12.3 Å². The standard InChI is InChI=1S/C27H24F2N4O2/c1-2-3-4-14-34-19-10-8-18(9-11-19)24-15-20(35-32-24)16-33-13-12-23-25(17-33)31-27(30-23)21-6-5-7-22(28)26(21)29/h5-13,15,17H,2-4,14,16H2,1H3. The maximum Gasteiger partial charge on any atom is 0.169 e. The minimum atomic E-state index is -0.957. The summed E-state index contributed by atoms with van der Waals surface area (Å²) in [6.45, 7) is 3.31. The van der Waals surface area contributed by atoms with Gasteiger partial charge in [0.1, 0.15) is 17.1 Å². The van der Waals surface area contributed by atoms with E-state index in [9.17, 15) is 8.78 Å². The molecule has 0 fully saturated rings. The molecular weight excluding hydrogens is 450 g/mol. The Morgan fingerprint density at radius 2 is 1.77 bits per heavy atom. The molecule has 2 aliphatic heterocycles. The summed E-state index contributed by atoms with van der Waals surface area (Å²) in [7, 11) is 0. The lowest BCUT2D eigenvalue weighted by atomic mass is 10.1.